The van der Waals surface area contributed by atoms with E-state index in [0.717, 1.165) is 48.6 Å². The number of hydrogen-bond acceptors (Lipinski definition) is 7. The number of nitrogens with one attached hydrogen (secondary N) is 2. The van der Waals surface area contributed by atoms with E-state index in [1.807, 2.05) is 48.1 Å². The molecule has 1 aliphatic carbocycles. The van der Waals surface area contributed by atoms with E-state index in [1.165, 1.54) is 5.56 Å². The second-order valence-electron chi connectivity index (χ2n) is 10.8. The highest BCUT2D eigenvalue weighted by atomic mass is 16.2. The fourth-order valence-corrected chi connectivity index (χ4v) is 5.78. The van der Waals surface area contributed by atoms with E-state index in [9.17, 15) is 9.59 Å². The van der Waals surface area contributed by atoms with E-state index in [-0.39, 0.29) is 11.8 Å². The molecule has 1 atom stereocenters. The van der Waals surface area contributed by atoms with Crippen LogP contribution < -0.4 is 10.6 Å². The second-order valence-corrected chi connectivity index (χ2v) is 10.8. The molecule has 0 bridgehead atoms. The fraction of sp³-hybridized carbons (Fsp3) is 0.312. The molecular weight excluding hydrogens is 514 g/mol. The molecule has 1 fully saturated rings. The van der Waals surface area contributed by atoms with E-state index in [1.54, 1.807) is 18.5 Å². The van der Waals surface area contributed by atoms with Crippen molar-refractivity contribution in [1.82, 2.24) is 25.4 Å². The number of Topliss-reactive ketones (excluding diaryl/α,β-unsaturated/α-hetero) is 1. The lowest BCUT2D eigenvalue weighted by atomic mass is 9.88. The molecule has 0 saturated carbocycles. The SMILES string of the molecule is Cc1cc(C(=O)C2=NC34C=NN(C)C3=CCC=C4NC=C2)ccc1CNC(=O)N1CCN(Cc2ccccc2)CC1. The van der Waals surface area contributed by atoms with Gasteiger partial charge in [0.2, 0.25) is 5.78 Å². The highest BCUT2D eigenvalue weighted by Gasteiger charge is 2.45. The van der Waals surface area contributed by atoms with Gasteiger partial charge in [0.15, 0.2) is 5.54 Å². The number of piperazine rings is 1. The number of urea groups is 1. The van der Waals surface area contributed by atoms with Gasteiger partial charge in [0.1, 0.15) is 5.71 Å². The lowest BCUT2D eigenvalue weighted by Crippen LogP contribution is -2.51. The van der Waals surface area contributed by atoms with Crippen LogP contribution in [0.5, 0.6) is 0 Å². The highest BCUT2D eigenvalue weighted by Crippen LogP contribution is 2.38. The van der Waals surface area contributed by atoms with Gasteiger partial charge in [-0.1, -0.05) is 54.6 Å². The molecule has 1 saturated heterocycles. The average molecular weight is 550 g/mol. The molecule has 1 spiro atoms. The number of ketones is 1. The zero-order chi connectivity index (χ0) is 28.4. The van der Waals surface area contributed by atoms with Crippen molar-refractivity contribution in [1.29, 1.82) is 0 Å². The van der Waals surface area contributed by atoms with E-state index in [0.29, 0.717) is 30.9 Å². The molecule has 3 aliphatic heterocycles. The normalized spacial score (nSPS) is 21.7. The molecule has 2 amide bonds. The molecule has 4 aliphatic rings. The predicted molar refractivity (Wildman–Crippen MR) is 161 cm³/mol. The van der Waals surface area contributed by atoms with Crippen molar-refractivity contribution < 1.29 is 9.59 Å². The number of allylic oxidation sites excluding steroid dienone is 3. The van der Waals surface area contributed by atoms with Crippen LogP contribution in [0.1, 0.15) is 33.5 Å². The monoisotopic (exact) mass is 549 g/mol. The minimum absolute atomic E-state index is 0.0583. The maximum atomic E-state index is 13.6. The van der Waals surface area contributed by atoms with Crippen molar-refractivity contribution in [3.05, 3.63) is 107 Å². The van der Waals surface area contributed by atoms with Gasteiger partial charge in [-0.15, -0.1) is 0 Å². The van der Waals surface area contributed by atoms with Gasteiger partial charge >= 0.3 is 6.03 Å². The summed E-state index contributed by atoms with van der Waals surface area (Å²) in [5, 5.41) is 12.6. The highest BCUT2D eigenvalue weighted by molar-refractivity contribution is 6.50. The van der Waals surface area contributed by atoms with Gasteiger partial charge in [0.25, 0.3) is 0 Å². The third-order valence-electron chi connectivity index (χ3n) is 8.15. The summed E-state index contributed by atoms with van der Waals surface area (Å²) in [6, 6.07) is 16.0. The van der Waals surface area contributed by atoms with Crippen molar-refractivity contribution in [2.45, 2.75) is 32.0 Å². The number of carbonyl (C=O) groups excluding carboxylic acids is 2. The summed E-state index contributed by atoms with van der Waals surface area (Å²) in [5.74, 6) is -0.154. The summed E-state index contributed by atoms with van der Waals surface area (Å²) < 4.78 is 0. The average Bonchev–Trinajstić information content (AvgIpc) is 3.19. The predicted octanol–water partition coefficient (Wildman–Crippen LogP) is 3.60. The van der Waals surface area contributed by atoms with Crippen LogP contribution in [0.3, 0.4) is 0 Å². The smallest absolute Gasteiger partial charge is 0.317 e. The first kappa shape index (κ1) is 26.7. The summed E-state index contributed by atoms with van der Waals surface area (Å²) in [7, 11) is 1.89. The van der Waals surface area contributed by atoms with Crippen LogP contribution in [-0.4, -0.2) is 77.3 Å². The summed E-state index contributed by atoms with van der Waals surface area (Å²) in [4.78, 5) is 35.7. The maximum Gasteiger partial charge on any atom is 0.317 e. The van der Waals surface area contributed by atoms with Crippen LogP contribution in [-0.2, 0) is 13.1 Å². The molecule has 0 aromatic heterocycles. The first-order valence-electron chi connectivity index (χ1n) is 14.1. The van der Waals surface area contributed by atoms with Crippen LogP contribution in [0.4, 0.5) is 4.79 Å². The Balaban J connectivity index is 1.07. The van der Waals surface area contributed by atoms with Crippen LogP contribution >= 0.6 is 0 Å². The largest absolute Gasteiger partial charge is 0.363 e. The molecule has 3 heterocycles. The number of amides is 2. The molecule has 9 heteroatoms. The minimum Gasteiger partial charge on any atom is -0.363 e. The molecule has 2 aromatic rings. The first-order valence-corrected chi connectivity index (χ1v) is 14.1. The van der Waals surface area contributed by atoms with Crippen molar-refractivity contribution in [2.24, 2.45) is 10.1 Å². The van der Waals surface area contributed by atoms with Crippen molar-refractivity contribution in [3.63, 3.8) is 0 Å². The van der Waals surface area contributed by atoms with Crippen molar-refractivity contribution in [3.8, 4) is 0 Å². The van der Waals surface area contributed by atoms with Gasteiger partial charge in [-0.05, 0) is 42.2 Å². The van der Waals surface area contributed by atoms with Gasteiger partial charge < -0.3 is 15.5 Å². The number of aryl methyl sites for hydroxylation is 1. The topological polar surface area (TPSA) is 92.6 Å². The van der Waals surface area contributed by atoms with Crippen LogP contribution in [0.2, 0.25) is 0 Å². The molecule has 1 unspecified atom stereocenters. The molecule has 2 N–H and O–H groups in total. The number of rotatable bonds is 6. The quantitative estimate of drug-likeness (QED) is 0.538. The van der Waals surface area contributed by atoms with Crippen LogP contribution in [0.25, 0.3) is 0 Å². The lowest BCUT2D eigenvalue weighted by molar-refractivity contribution is 0.106. The van der Waals surface area contributed by atoms with E-state index >= 15 is 0 Å². The Bertz CT molecular complexity index is 1500. The van der Waals surface area contributed by atoms with Crippen LogP contribution in [0.15, 0.2) is 94.4 Å². The zero-order valence-corrected chi connectivity index (χ0v) is 23.5. The van der Waals surface area contributed by atoms with Crippen molar-refractivity contribution in [2.75, 3.05) is 33.2 Å². The second kappa shape index (κ2) is 11.2. The third-order valence-corrected chi connectivity index (χ3v) is 8.15. The Labute approximate surface area is 240 Å². The molecule has 2 aromatic carbocycles. The van der Waals surface area contributed by atoms with Gasteiger partial charge in [0, 0.05) is 58.1 Å². The zero-order valence-electron chi connectivity index (χ0n) is 23.5. The number of carbonyl (C=O) groups is 2. The van der Waals surface area contributed by atoms with Crippen molar-refractivity contribution >= 4 is 23.7 Å². The van der Waals surface area contributed by atoms with Gasteiger partial charge in [-0.2, -0.15) is 5.10 Å². The summed E-state index contributed by atoms with van der Waals surface area (Å²) in [6.45, 7) is 6.38. The van der Waals surface area contributed by atoms with Gasteiger partial charge in [-0.3, -0.25) is 19.7 Å². The molecule has 210 valence electrons. The number of benzene rings is 2. The Hall–Kier alpha value is -4.50. The number of nitrogens with zero attached hydrogens (tertiary/aromatic N) is 5. The summed E-state index contributed by atoms with van der Waals surface area (Å²) in [6.07, 6.45) is 10.2. The van der Waals surface area contributed by atoms with Crippen LogP contribution in [0, 0.1) is 6.92 Å². The molecular formula is C32H35N7O2. The Morgan fingerprint density at radius 2 is 1.85 bits per heavy atom. The van der Waals surface area contributed by atoms with E-state index in [2.05, 4.69) is 57.1 Å². The molecule has 41 heavy (non-hydrogen) atoms. The Morgan fingerprint density at radius 3 is 2.63 bits per heavy atom. The van der Waals surface area contributed by atoms with Gasteiger partial charge in [-0.25, -0.2) is 4.79 Å². The maximum absolute atomic E-state index is 13.6. The molecule has 6 rings (SSSR count). The standard InChI is InChI=1S/C32H35N7O2/c1-23-19-25(30(40)27-13-14-33-28-9-6-10-29-32(28,36-27)22-35-37(29)2)11-12-26(23)20-34-31(41)39-17-15-38(16-18-39)21-24-7-4-3-5-8-24/h3-5,7-14,19,22,33H,6,15-18,20-21H2,1-2H3,(H,34,41). The lowest BCUT2D eigenvalue weighted by Gasteiger charge is -2.34. The summed E-state index contributed by atoms with van der Waals surface area (Å²) in [5.41, 5.74) is 5.17. The Kier molecular flexibility index (Phi) is 7.28. The van der Waals surface area contributed by atoms with Gasteiger partial charge in [0.05, 0.1) is 17.6 Å². The number of likely N-dealkylation sites (N-methyl/N-ethyl adjacent to an activating group) is 1. The molecule has 9 nitrogen and oxygen atoms in total. The third kappa shape index (κ3) is 5.32. The number of hydrazone groups is 1. The number of aliphatic imine (C=N–C) groups is 1. The first-order chi connectivity index (χ1) is 19.9. The van der Waals surface area contributed by atoms with E-state index < -0.39 is 5.54 Å². The fourth-order valence-electron chi connectivity index (χ4n) is 5.78. The number of hydrogen-bond donors (Lipinski definition) is 2. The Morgan fingerprint density at radius 1 is 1.05 bits per heavy atom. The summed E-state index contributed by atoms with van der Waals surface area (Å²) >= 11 is 0. The minimum atomic E-state index is -0.812. The van der Waals surface area contributed by atoms with E-state index in [4.69, 9.17) is 4.99 Å². The molecule has 0 radical (unpaired) electrons.